The van der Waals surface area contributed by atoms with Crippen LogP contribution >= 0.6 is 15.9 Å². The van der Waals surface area contributed by atoms with E-state index in [1.54, 1.807) is 24.3 Å². The molecule has 0 bridgehead atoms. The van der Waals surface area contributed by atoms with Crippen LogP contribution in [0, 0.1) is 0 Å². The van der Waals surface area contributed by atoms with Gasteiger partial charge < -0.3 is 10.1 Å². The molecule has 0 aliphatic carbocycles. The van der Waals surface area contributed by atoms with Gasteiger partial charge in [-0.1, -0.05) is 28.1 Å². The number of halogens is 1. The summed E-state index contributed by atoms with van der Waals surface area (Å²) in [5.41, 5.74) is 1.62. The molecule has 0 spiro atoms. The van der Waals surface area contributed by atoms with Crippen molar-refractivity contribution in [1.82, 2.24) is 9.78 Å². The smallest absolute Gasteiger partial charge is 0.342 e. The normalized spacial score (nSPS) is 11.7. The Morgan fingerprint density at radius 3 is 1.92 bits per heavy atom. The van der Waals surface area contributed by atoms with E-state index in [4.69, 9.17) is 15.0 Å². The Labute approximate surface area is 231 Å². The van der Waals surface area contributed by atoms with Crippen LogP contribution in [0.5, 0.6) is 0 Å². The first-order valence-electron chi connectivity index (χ1n) is 10.9. The SMILES string of the molecule is NS(=O)(=O)c1ccc(NC(=O)COC(=O)c2cn(-c3ccc(S(N)(=O)=O)cc3)nc2-c2ccc(Br)cc2)cc1. The van der Waals surface area contributed by atoms with Gasteiger partial charge in [-0.05, 0) is 60.7 Å². The topological polar surface area (TPSA) is 194 Å². The molecule has 4 rings (SSSR count). The number of hydrogen-bond donors (Lipinski definition) is 3. The third kappa shape index (κ3) is 6.96. The van der Waals surface area contributed by atoms with E-state index in [0.717, 1.165) is 4.47 Å². The third-order valence-electron chi connectivity index (χ3n) is 5.28. The van der Waals surface area contributed by atoms with Crippen LogP contribution in [0.15, 0.2) is 93.3 Å². The summed E-state index contributed by atoms with van der Waals surface area (Å²) < 4.78 is 53.3. The first-order valence-corrected chi connectivity index (χ1v) is 14.8. The summed E-state index contributed by atoms with van der Waals surface area (Å²) >= 11 is 3.35. The Morgan fingerprint density at radius 1 is 0.846 bits per heavy atom. The summed E-state index contributed by atoms with van der Waals surface area (Å²) in [6.45, 7) is -0.635. The lowest BCUT2D eigenvalue weighted by Crippen LogP contribution is -2.21. The number of nitrogens with two attached hydrogens (primary N) is 2. The summed E-state index contributed by atoms with van der Waals surface area (Å²) in [6, 6.07) is 17.7. The van der Waals surface area contributed by atoms with E-state index >= 15 is 0 Å². The molecule has 3 aromatic carbocycles. The van der Waals surface area contributed by atoms with Crippen molar-refractivity contribution in [1.29, 1.82) is 0 Å². The molecular weight excluding hydrogens is 614 g/mol. The number of aromatic nitrogens is 2. The van der Waals surface area contributed by atoms with Gasteiger partial charge in [-0.3, -0.25) is 4.79 Å². The van der Waals surface area contributed by atoms with Gasteiger partial charge in [0.25, 0.3) is 5.91 Å². The van der Waals surface area contributed by atoms with E-state index in [1.165, 1.54) is 59.4 Å². The summed E-state index contributed by atoms with van der Waals surface area (Å²) in [6.07, 6.45) is 1.40. The highest BCUT2D eigenvalue weighted by Crippen LogP contribution is 2.26. The minimum atomic E-state index is -3.89. The predicted octanol–water partition coefficient (Wildman–Crippen LogP) is 2.39. The van der Waals surface area contributed by atoms with Crippen LogP contribution in [-0.2, 0) is 29.6 Å². The van der Waals surface area contributed by atoms with Gasteiger partial charge in [-0.25, -0.2) is 36.6 Å². The molecule has 0 radical (unpaired) electrons. The van der Waals surface area contributed by atoms with E-state index in [-0.39, 0.29) is 26.7 Å². The van der Waals surface area contributed by atoms with Crippen molar-refractivity contribution in [2.45, 2.75) is 9.79 Å². The molecule has 39 heavy (non-hydrogen) atoms. The standard InChI is InChI=1S/C24H20BrN5O7S2/c25-16-3-1-15(2-4-16)23-21(13-30(29-23)18-7-11-20(12-8-18)39(27,35)36)24(32)37-14-22(31)28-17-5-9-19(10-6-17)38(26,33)34/h1-13H,14H2,(H,28,31)(H2,26,33,34)(H2,27,35,36). The third-order valence-corrected chi connectivity index (χ3v) is 7.67. The molecule has 1 aromatic heterocycles. The highest BCUT2D eigenvalue weighted by atomic mass is 79.9. The Balaban J connectivity index is 1.55. The van der Waals surface area contributed by atoms with Crippen LogP contribution in [-0.4, -0.2) is 45.1 Å². The molecule has 0 aliphatic heterocycles. The number of rotatable bonds is 8. The van der Waals surface area contributed by atoms with E-state index < -0.39 is 38.5 Å². The number of carbonyl (C=O) groups excluding carboxylic acids is 2. The van der Waals surface area contributed by atoms with Gasteiger partial charge in [-0.15, -0.1) is 0 Å². The van der Waals surface area contributed by atoms with Gasteiger partial charge in [0.2, 0.25) is 20.0 Å². The van der Waals surface area contributed by atoms with Crippen LogP contribution in [0.3, 0.4) is 0 Å². The maximum absolute atomic E-state index is 13.0. The number of benzene rings is 3. The second kappa shape index (κ2) is 11.1. The van der Waals surface area contributed by atoms with Gasteiger partial charge in [0.1, 0.15) is 11.3 Å². The highest BCUT2D eigenvalue weighted by molar-refractivity contribution is 9.10. The van der Waals surface area contributed by atoms with Gasteiger partial charge in [-0.2, -0.15) is 5.10 Å². The largest absolute Gasteiger partial charge is 0.452 e. The van der Waals surface area contributed by atoms with Crippen molar-refractivity contribution in [3.8, 4) is 16.9 Å². The van der Waals surface area contributed by atoms with Crippen LogP contribution in [0.2, 0.25) is 0 Å². The monoisotopic (exact) mass is 633 g/mol. The molecule has 0 saturated carbocycles. The Hall–Kier alpha value is -3.89. The zero-order valence-corrected chi connectivity index (χ0v) is 23.0. The number of carbonyl (C=O) groups is 2. The summed E-state index contributed by atoms with van der Waals surface area (Å²) in [7, 11) is -7.77. The Morgan fingerprint density at radius 2 is 1.38 bits per heavy atom. The lowest BCUT2D eigenvalue weighted by atomic mass is 10.1. The van der Waals surface area contributed by atoms with E-state index in [2.05, 4.69) is 26.3 Å². The van der Waals surface area contributed by atoms with Gasteiger partial charge in [0.15, 0.2) is 6.61 Å². The Bertz CT molecular complexity index is 1750. The molecule has 5 N–H and O–H groups in total. The average molecular weight is 634 g/mol. The molecule has 0 fully saturated rings. The Kier molecular flexibility index (Phi) is 7.99. The number of hydrogen-bond acceptors (Lipinski definition) is 8. The minimum Gasteiger partial charge on any atom is -0.452 e. The molecule has 0 saturated heterocycles. The number of primary sulfonamides is 2. The molecular formula is C24H20BrN5O7S2. The summed E-state index contributed by atoms with van der Waals surface area (Å²) in [5, 5.41) is 17.2. The van der Waals surface area contributed by atoms with Crippen LogP contribution in [0.25, 0.3) is 16.9 Å². The molecule has 1 amide bonds. The number of sulfonamides is 2. The molecule has 0 aliphatic rings. The number of nitrogens with zero attached hydrogens (tertiary/aromatic N) is 2. The number of anilines is 1. The predicted molar refractivity (Wildman–Crippen MR) is 145 cm³/mol. The first kappa shape index (κ1) is 28.1. The fraction of sp³-hybridized carbons (Fsp3) is 0.0417. The van der Waals surface area contributed by atoms with Crippen LogP contribution < -0.4 is 15.6 Å². The maximum atomic E-state index is 13.0. The van der Waals surface area contributed by atoms with Crippen molar-refractivity contribution < 1.29 is 31.2 Å². The van der Waals surface area contributed by atoms with Gasteiger partial charge in [0, 0.05) is 21.9 Å². The van der Waals surface area contributed by atoms with Crippen molar-refractivity contribution in [2.75, 3.05) is 11.9 Å². The number of esters is 1. The number of ether oxygens (including phenoxy) is 1. The number of amides is 1. The van der Waals surface area contributed by atoms with Crippen molar-refractivity contribution in [2.24, 2.45) is 10.3 Å². The molecule has 15 heteroatoms. The number of nitrogens with one attached hydrogen (secondary N) is 1. The lowest BCUT2D eigenvalue weighted by molar-refractivity contribution is -0.119. The molecule has 202 valence electrons. The van der Waals surface area contributed by atoms with E-state index in [9.17, 15) is 26.4 Å². The fourth-order valence-corrected chi connectivity index (χ4v) is 4.69. The quantitative estimate of drug-likeness (QED) is 0.246. The van der Waals surface area contributed by atoms with Crippen molar-refractivity contribution >= 4 is 53.5 Å². The summed E-state index contributed by atoms with van der Waals surface area (Å²) in [4.78, 5) is 25.1. The second-order valence-corrected chi connectivity index (χ2v) is 12.1. The molecule has 4 aromatic rings. The fourth-order valence-electron chi connectivity index (χ4n) is 3.40. The van der Waals surface area contributed by atoms with E-state index in [0.29, 0.717) is 11.3 Å². The van der Waals surface area contributed by atoms with Crippen LogP contribution in [0.1, 0.15) is 10.4 Å². The van der Waals surface area contributed by atoms with Gasteiger partial charge in [0.05, 0.1) is 15.5 Å². The van der Waals surface area contributed by atoms with E-state index in [1.807, 2.05) is 0 Å². The molecule has 0 unspecified atom stereocenters. The zero-order chi connectivity index (χ0) is 28.4. The highest BCUT2D eigenvalue weighted by Gasteiger charge is 2.21. The summed E-state index contributed by atoms with van der Waals surface area (Å²) in [5.74, 6) is -1.50. The second-order valence-electron chi connectivity index (χ2n) is 8.08. The molecule has 1 heterocycles. The van der Waals surface area contributed by atoms with Crippen LogP contribution in [0.4, 0.5) is 5.69 Å². The van der Waals surface area contributed by atoms with Gasteiger partial charge >= 0.3 is 5.97 Å². The lowest BCUT2D eigenvalue weighted by Gasteiger charge is -2.07. The maximum Gasteiger partial charge on any atom is 0.342 e. The minimum absolute atomic E-state index is 0.0538. The zero-order valence-electron chi connectivity index (χ0n) is 19.8. The molecule has 0 atom stereocenters. The first-order chi connectivity index (χ1) is 18.3. The van der Waals surface area contributed by atoms with Crippen molar-refractivity contribution in [3.05, 3.63) is 89.0 Å². The molecule has 12 nitrogen and oxygen atoms in total. The van der Waals surface area contributed by atoms with Crippen molar-refractivity contribution in [3.63, 3.8) is 0 Å². The average Bonchev–Trinajstić information content (AvgIpc) is 3.33.